The van der Waals surface area contributed by atoms with Gasteiger partial charge in [0.1, 0.15) is 0 Å². The van der Waals surface area contributed by atoms with Gasteiger partial charge in [-0.1, -0.05) is 6.42 Å². The fourth-order valence-corrected chi connectivity index (χ4v) is 4.27. The van der Waals surface area contributed by atoms with Gasteiger partial charge >= 0.3 is 0 Å². The molecule has 0 aliphatic carbocycles. The molecular formula is C13H27N3O4S. The number of methoxy groups -OCH3 is 1. The molecule has 1 amide bonds. The highest BCUT2D eigenvalue weighted by Crippen LogP contribution is 2.22. The van der Waals surface area contributed by atoms with Crippen LogP contribution in [0.2, 0.25) is 0 Å². The zero-order valence-electron chi connectivity index (χ0n) is 12.9. The molecule has 0 radical (unpaired) electrons. The molecule has 8 heteroatoms. The first kappa shape index (κ1) is 18.3. The highest BCUT2D eigenvalue weighted by Gasteiger charge is 2.35. The SMILES string of the molecule is COCC(C)S(=O)(=O)N1CCCCC1CNC(=O)CCN. The van der Waals surface area contributed by atoms with Gasteiger partial charge in [0.05, 0.1) is 11.9 Å². The van der Waals surface area contributed by atoms with Gasteiger partial charge in [-0.05, 0) is 19.8 Å². The molecule has 3 N–H and O–H groups in total. The number of piperidine rings is 1. The number of nitrogens with zero attached hydrogens (tertiary/aromatic N) is 1. The minimum atomic E-state index is -3.40. The van der Waals surface area contributed by atoms with E-state index < -0.39 is 15.3 Å². The van der Waals surface area contributed by atoms with Crippen LogP contribution in [0.3, 0.4) is 0 Å². The van der Waals surface area contributed by atoms with E-state index in [-0.39, 0.29) is 25.0 Å². The van der Waals surface area contributed by atoms with Crippen molar-refractivity contribution in [1.29, 1.82) is 0 Å². The van der Waals surface area contributed by atoms with Crippen LogP contribution in [0.4, 0.5) is 0 Å². The van der Waals surface area contributed by atoms with Crippen molar-refractivity contribution in [3.8, 4) is 0 Å². The highest BCUT2D eigenvalue weighted by atomic mass is 32.2. The summed E-state index contributed by atoms with van der Waals surface area (Å²) >= 11 is 0. The first-order valence-electron chi connectivity index (χ1n) is 7.39. The Morgan fingerprint density at radius 1 is 1.48 bits per heavy atom. The standard InChI is InChI=1S/C13H27N3O4S/c1-11(10-20-2)21(18,19)16-8-4-3-5-12(16)9-15-13(17)6-7-14/h11-12H,3-10,14H2,1-2H3,(H,15,17). The van der Waals surface area contributed by atoms with Crippen LogP contribution in [0, 0.1) is 0 Å². The van der Waals surface area contributed by atoms with Crippen molar-refractivity contribution < 1.29 is 17.9 Å². The van der Waals surface area contributed by atoms with E-state index in [4.69, 9.17) is 10.5 Å². The number of ether oxygens (including phenoxy) is 1. The number of nitrogens with two attached hydrogens (primary N) is 1. The Morgan fingerprint density at radius 2 is 2.19 bits per heavy atom. The number of amides is 1. The number of sulfonamides is 1. The van der Waals surface area contributed by atoms with Crippen molar-refractivity contribution in [1.82, 2.24) is 9.62 Å². The Bertz CT molecular complexity index is 427. The van der Waals surface area contributed by atoms with E-state index in [0.717, 1.165) is 19.3 Å². The summed E-state index contributed by atoms with van der Waals surface area (Å²) in [6.07, 6.45) is 2.86. The van der Waals surface area contributed by atoms with E-state index in [1.165, 1.54) is 11.4 Å². The average Bonchev–Trinajstić information content (AvgIpc) is 2.46. The van der Waals surface area contributed by atoms with Gasteiger partial charge in [0, 0.05) is 39.2 Å². The molecular weight excluding hydrogens is 294 g/mol. The van der Waals surface area contributed by atoms with Crippen LogP contribution >= 0.6 is 0 Å². The summed E-state index contributed by atoms with van der Waals surface area (Å²) < 4.78 is 31.6. The molecule has 1 fully saturated rings. The lowest BCUT2D eigenvalue weighted by atomic mass is 10.1. The fourth-order valence-electron chi connectivity index (χ4n) is 2.52. The molecule has 1 aliphatic heterocycles. The van der Waals surface area contributed by atoms with Gasteiger partial charge in [0.25, 0.3) is 0 Å². The molecule has 0 aromatic rings. The molecule has 0 spiro atoms. The number of hydrogen-bond donors (Lipinski definition) is 2. The second-order valence-electron chi connectivity index (χ2n) is 5.41. The molecule has 0 bridgehead atoms. The van der Waals surface area contributed by atoms with Gasteiger partial charge in [0.15, 0.2) is 0 Å². The highest BCUT2D eigenvalue weighted by molar-refractivity contribution is 7.89. The van der Waals surface area contributed by atoms with E-state index in [1.807, 2.05) is 0 Å². The summed E-state index contributed by atoms with van der Waals surface area (Å²) in [7, 11) is -1.91. The Balaban J connectivity index is 2.70. The van der Waals surface area contributed by atoms with E-state index in [0.29, 0.717) is 19.6 Å². The molecule has 124 valence electrons. The first-order valence-corrected chi connectivity index (χ1v) is 8.90. The van der Waals surface area contributed by atoms with Gasteiger partial charge in [-0.15, -0.1) is 0 Å². The lowest BCUT2D eigenvalue weighted by molar-refractivity contribution is -0.121. The molecule has 1 heterocycles. The van der Waals surface area contributed by atoms with E-state index in [1.54, 1.807) is 6.92 Å². The maximum atomic E-state index is 12.6. The smallest absolute Gasteiger partial charge is 0.221 e. The average molecular weight is 321 g/mol. The summed E-state index contributed by atoms with van der Waals surface area (Å²) in [6.45, 7) is 2.97. The van der Waals surface area contributed by atoms with Crippen LogP contribution in [0.15, 0.2) is 0 Å². The topological polar surface area (TPSA) is 102 Å². The van der Waals surface area contributed by atoms with Gasteiger partial charge in [-0.3, -0.25) is 4.79 Å². The summed E-state index contributed by atoms with van der Waals surface area (Å²) in [5, 5.41) is 2.19. The number of hydrogen-bond acceptors (Lipinski definition) is 5. The zero-order chi connectivity index (χ0) is 15.9. The Morgan fingerprint density at radius 3 is 2.81 bits per heavy atom. The van der Waals surface area contributed by atoms with Gasteiger partial charge in [-0.2, -0.15) is 4.31 Å². The van der Waals surface area contributed by atoms with Crippen LogP contribution in [-0.4, -0.2) is 63.3 Å². The van der Waals surface area contributed by atoms with Gasteiger partial charge < -0.3 is 15.8 Å². The van der Waals surface area contributed by atoms with Crippen LogP contribution in [0.1, 0.15) is 32.6 Å². The molecule has 1 saturated heterocycles. The van der Waals surface area contributed by atoms with Crippen LogP contribution in [0.5, 0.6) is 0 Å². The van der Waals surface area contributed by atoms with Crippen molar-refractivity contribution in [2.75, 3.05) is 33.4 Å². The number of rotatable bonds is 8. The van der Waals surface area contributed by atoms with Crippen molar-refractivity contribution in [3.63, 3.8) is 0 Å². The number of nitrogens with one attached hydrogen (secondary N) is 1. The normalized spacial score (nSPS) is 22.0. The van der Waals surface area contributed by atoms with Gasteiger partial charge in [-0.25, -0.2) is 8.42 Å². The summed E-state index contributed by atoms with van der Waals surface area (Å²) in [6, 6.07) is -0.176. The monoisotopic (exact) mass is 321 g/mol. The lowest BCUT2D eigenvalue weighted by Gasteiger charge is -2.36. The zero-order valence-corrected chi connectivity index (χ0v) is 13.7. The second kappa shape index (κ2) is 8.67. The Kier molecular flexibility index (Phi) is 7.58. The maximum absolute atomic E-state index is 12.6. The van der Waals surface area contributed by atoms with Gasteiger partial charge in [0.2, 0.25) is 15.9 Å². The minimum Gasteiger partial charge on any atom is -0.383 e. The third kappa shape index (κ3) is 5.21. The molecule has 1 rings (SSSR count). The molecule has 0 saturated carbocycles. The van der Waals surface area contributed by atoms with E-state index >= 15 is 0 Å². The fraction of sp³-hybridized carbons (Fsp3) is 0.923. The molecule has 2 atom stereocenters. The second-order valence-corrected chi connectivity index (χ2v) is 7.72. The predicted octanol–water partition coefficient (Wildman–Crippen LogP) is -0.329. The minimum absolute atomic E-state index is 0.134. The molecule has 1 aliphatic rings. The van der Waals surface area contributed by atoms with Crippen molar-refractivity contribution in [2.24, 2.45) is 5.73 Å². The largest absolute Gasteiger partial charge is 0.383 e. The molecule has 7 nitrogen and oxygen atoms in total. The van der Waals surface area contributed by atoms with Crippen LogP contribution < -0.4 is 11.1 Å². The number of carbonyl (C=O) groups is 1. The summed E-state index contributed by atoms with van der Waals surface area (Å²) in [5.74, 6) is -0.134. The summed E-state index contributed by atoms with van der Waals surface area (Å²) in [5.41, 5.74) is 5.33. The molecule has 2 unspecified atom stereocenters. The van der Waals surface area contributed by atoms with E-state index in [9.17, 15) is 13.2 Å². The molecule has 0 aromatic carbocycles. The van der Waals surface area contributed by atoms with Crippen LogP contribution in [0.25, 0.3) is 0 Å². The quantitative estimate of drug-likeness (QED) is 0.637. The third-order valence-corrected chi connectivity index (χ3v) is 6.00. The molecule has 21 heavy (non-hydrogen) atoms. The maximum Gasteiger partial charge on any atom is 0.221 e. The first-order chi connectivity index (χ1) is 9.93. The predicted molar refractivity (Wildman–Crippen MR) is 81.3 cm³/mol. The Labute approximate surface area is 127 Å². The van der Waals surface area contributed by atoms with E-state index in [2.05, 4.69) is 5.32 Å². The Hall–Kier alpha value is -0.700. The van der Waals surface area contributed by atoms with Crippen molar-refractivity contribution >= 4 is 15.9 Å². The molecule has 0 aromatic heterocycles. The van der Waals surface area contributed by atoms with Crippen LogP contribution in [-0.2, 0) is 19.6 Å². The third-order valence-electron chi connectivity index (χ3n) is 3.72. The number of carbonyl (C=O) groups excluding carboxylic acids is 1. The van der Waals surface area contributed by atoms with Crippen molar-refractivity contribution in [3.05, 3.63) is 0 Å². The summed E-state index contributed by atoms with van der Waals surface area (Å²) in [4.78, 5) is 11.5. The van der Waals surface area contributed by atoms with Crippen molar-refractivity contribution in [2.45, 2.75) is 43.9 Å². The lowest BCUT2D eigenvalue weighted by Crippen LogP contribution is -2.52.